The van der Waals surface area contributed by atoms with Gasteiger partial charge in [-0.05, 0) is 84.3 Å². The van der Waals surface area contributed by atoms with Crippen molar-refractivity contribution in [3.05, 3.63) is 77.6 Å². The Labute approximate surface area is 168 Å². The number of carboxylic acids is 1. The fourth-order valence-electron chi connectivity index (χ4n) is 4.07. The summed E-state index contributed by atoms with van der Waals surface area (Å²) in [6, 6.07) is 17.4. The highest BCUT2D eigenvalue weighted by Crippen LogP contribution is 2.36. The Balaban J connectivity index is 1.41. The fraction of sp³-hybridized carbons (Fsp3) is 0.250. The molecule has 1 amide bonds. The lowest BCUT2D eigenvalue weighted by Gasteiger charge is -2.26. The van der Waals surface area contributed by atoms with Gasteiger partial charge >= 0.3 is 5.97 Å². The topological polar surface area (TPSA) is 66.4 Å². The van der Waals surface area contributed by atoms with E-state index in [0.29, 0.717) is 30.0 Å². The molecule has 4 nitrogen and oxygen atoms in total. The van der Waals surface area contributed by atoms with Crippen molar-refractivity contribution in [1.82, 2.24) is 0 Å². The van der Waals surface area contributed by atoms with Gasteiger partial charge in [0.1, 0.15) is 5.82 Å². The number of fused-ring (bicyclic) bond motifs is 1. The molecule has 0 unspecified atom stereocenters. The van der Waals surface area contributed by atoms with Crippen LogP contribution in [0.3, 0.4) is 0 Å². The van der Waals surface area contributed by atoms with E-state index in [1.807, 2.05) is 24.3 Å². The van der Waals surface area contributed by atoms with Gasteiger partial charge in [0.05, 0.1) is 5.92 Å². The average Bonchev–Trinajstić information content (AvgIpc) is 2.74. The van der Waals surface area contributed by atoms with Gasteiger partial charge in [-0.15, -0.1) is 0 Å². The van der Waals surface area contributed by atoms with E-state index < -0.39 is 5.97 Å². The first kappa shape index (κ1) is 19.1. The normalized spacial score (nSPS) is 19.1. The van der Waals surface area contributed by atoms with Gasteiger partial charge in [0.15, 0.2) is 0 Å². The lowest BCUT2D eigenvalue weighted by molar-refractivity contribution is -0.142. The molecule has 0 saturated heterocycles. The Morgan fingerprint density at radius 1 is 0.862 bits per heavy atom. The molecule has 5 heteroatoms. The largest absolute Gasteiger partial charge is 0.481 e. The number of benzene rings is 3. The number of carbonyl (C=O) groups excluding carboxylic acids is 1. The Morgan fingerprint density at radius 3 is 2.21 bits per heavy atom. The summed E-state index contributed by atoms with van der Waals surface area (Å²) < 4.78 is 13.3. The Kier molecular flexibility index (Phi) is 5.30. The molecule has 29 heavy (non-hydrogen) atoms. The van der Waals surface area contributed by atoms with Crippen LogP contribution in [0.25, 0.3) is 10.8 Å². The predicted molar refractivity (Wildman–Crippen MR) is 111 cm³/mol. The molecule has 0 radical (unpaired) electrons. The van der Waals surface area contributed by atoms with Gasteiger partial charge in [0.25, 0.3) is 5.91 Å². The molecular weight excluding hydrogens is 369 g/mol. The van der Waals surface area contributed by atoms with Crippen molar-refractivity contribution in [3.63, 3.8) is 0 Å². The molecular formula is C24H22FNO3. The summed E-state index contributed by atoms with van der Waals surface area (Å²) >= 11 is 0. The molecule has 0 bridgehead atoms. The number of rotatable bonds is 4. The summed E-state index contributed by atoms with van der Waals surface area (Å²) in [7, 11) is 0. The first-order valence-electron chi connectivity index (χ1n) is 9.83. The molecule has 3 aromatic carbocycles. The van der Waals surface area contributed by atoms with Crippen LogP contribution in [-0.2, 0) is 4.79 Å². The maximum absolute atomic E-state index is 13.3. The number of carboxylic acid groups (broad SMARTS) is 1. The summed E-state index contributed by atoms with van der Waals surface area (Å²) in [5.41, 5.74) is 2.40. The second-order valence-electron chi connectivity index (χ2n) is 7.67. The highest BCUT2D eigenvalue weighted by atomic mass is 19.1. The highest BCUT2D eigenvalue weighted by Gasteiger charge is 2.26. The molecule has 0 aromatic heterocycles. The van der Waals surface area contributed by atoms with Crippen molar-refractivity contribution in [2.45, 2.75) is 31.6 Å². The van der Waals surface area contributed by atoms with Gasteiger partial charge in [-0.2, -0.15) is 0 Å². The molecule has 1 saturated carbocycles. The van der Waals surface area contributed by atoms with Crippen LogP contribution in [0.1, 0.15) is 47.5 Å². The zero-order valence-electron chi connectivity index (χ0n) is 15.9. The number of hydrogen-bond donors (Lipinski definition) is 2. The molecule has 3 aromatic rings. The van der Waals surface area contributed by atoms with Crippen molar-refractivity contribution in [2.24, 2.45) is 5.92 Å². The molecule has 0 spiro atoms. The quantitative estimate of drug-likeness (QED) is 0.609. The third-order valence-electron chi connectivity index (χ3n) is 5.78. The number of amides is 1. The minimum Gasteiger partial charge on any atom is -0.481 e. The van der Waals surface area contributed by atoms with E-state index in [2.05, 4.69) is 5.32 Å². The Morgan fingerprint density at radius 2 is 1.52 bits per heavy atom. The second-order valence-corrected chi connectivity index (χ2v) is 7.67. The Hall–Kier alpha value is -3.21. The minimum absolute atomic E-state index is 0.217. The van der Waals surface area contributed by atoms with Gasteiger partial charge in [-0.25, -0.2) is 4.39 Å². The van der Waals surface area contributed by atoms with Crippen LogP contribution in [0.4, 0.5) is 10.1 Å². The van der Waals surface area contributed by atoms with Crippen LogP contribution in [0, 0.1) is 11.7 Å². The average molecular weight is 391 g/mol. The van der Waals surface area contributed by atoms with Crippen LogP contribution in [-0.4, -0.2) is 17.0 Å². The standard InChI is InChI=1S/C24H22FNO3/c25-21-10-7-18-13-20(6-5-19(18)14-21)23(27)26-22-11-8-16(9-12-22)15-1-3-17(4-2-15)24(28)29/h5-15,17H,1-4H2,(H,26,27)(H,28,29)/t15-,17-. The van der Waals surface area contributed by atoms with Gasteiger partial charge < -0.3 is 10.4 Å². The number of hydrogen-bond acceptors (Lipinski definition) is 2. The van der Waals surface area contributed by atoms with E-state index >= 15 is 0 Å². The maximum atomic E-state index is 13.3. The molecule has 2 N–H and O–H groups in total. The van der Waals surface area contributed by atoms with Crippen molar-refractivity contribution in [1.29, 1.82) is 0 Å². The summed E-state index contributed by atoms with van der Waals surface area (Å²) in [4.78, 5) is 23.7. The van der Waals surface area contributed by atoms with Crippen LogP contribution in [0.2, 0.25) is 0 Å². The molecule has 1 fully saturated rings. The van der Waals surface area contributed by atoms with Gasteiger partial charge in [0, 0.05) is 11.3 Å². The number of aliphatic carboxylic acids is 1. The van der Waals surface area contributed by atoms with Gasteiger partial charge in [-0.3, -0.25) is 9.59 Å². The number of anilines is 1. The van der Waals surface area contributed by atoms with Crippen molar-refractivity contribution in [2.75, 3.05) is 5.32 Å². The molecule has 0 heterocycles. The third kappa shape index (κ3) is 4.29. The predicted octanol–water partition coefficient (Wildman–Crippen LogP) is 5.59. The molecule has 4 rings (SSSR count). The minimum atomic E-state index is -0.694. The monoisotopic (exact) mass is 391 g/mol. The maximum Gasteiger partial charge on any atom is 0.306 e. The second kappa shape index (κ2) is 8.03. The summed E-state index contributed by atoms with van der Waals surface area (Å²) in [5, 5.41) is 13.6. The zero-order chi connectivity index (χ0) is 20.4. The number of nitrogens with one attached hydrogen (secondary N) is 1. The Bertz CT molecular complexity index is 1050. The van der Waals surface area contributed by atoms with Gasteiger partial charge in [-0.1, -0.05) is 24.3 Å². The van der Waals surface area contributed by atoms with E-state index in [1.165, 1.54) is 17.7 Å². The molecule has 0 aliphatic heterocycles. The molecule has 1 aliphatic rings. The van der Waals surface area contributed by atoms with E-state index in [0.717, 1.165) is 23.6 Å². The summed E-state index contributed by atoms with van der Waals surface area (Å²) in [6.45, 7) is 0. The van der Waals surface area contributed by atoms with E-state index in [-0.39, 0.29) is 17.6 Å². The van der Waals surface area contributed by atoms with Crippen molar-refractivity contribution in [3.8, 4) is 0 Å². The third-order valence-corrected chi connectivity index (χ3v) is 5.78. The first-order chi connectivity index (χ1) is 14.0. The highest BCUT2D eigenvalue weighted by molar-refractivity contribution is 6.06. The smallest absolute Gasteiger partial charge is 0.306 e. The first-order valence-corrected chi connectivity index (χ1v) is 9.83. The van der Waals surface area contributed by atoms with Gasteiger partial charge in [0.2, 0.25) is 0 Å². The molecule has 1 aliphatic carbocycles. The molecule has 0 atom stereocenters. The fourth-order valence-corrected chi connectivity index (χ4v) is 4.07. The van der Waals surface area contributed by atoms with E-state index in [4.69, 9.17) is 5.11 Å². The van der Waals surface area contributed by atoms with Crippen LogP contribution < -0.4 is 5.32 Å². The van der Waals surface area contributed by atoms with Crippen molar-refractivity contribution < 1.29 is 19.1 Å². The van der Waals surface area contributed by atoms with Crippen LogP contribution >= 0.6 is 0 Å². The zero-order valence-corrected chi connectivity index (χ0v) is 15.9. The lowest BCUT2D eigenvalue weighted by atomic mass is 9.79. The van der Waals surface area contributed by atoms with Crippen LogP contribution in [0.5, 0.6) is 0 Å². The SMILES string of the molecule is O=C(Nc1ccc([C@H]2CC[C@H](C(=O)O)CC2)cc1)c1ccc2cc(F)ccc2c1. The number of carbonyl (C=O) groups is 2. The van der Waals surface area contributed by atoms with E-state index in [1.54, 1.807) is 24.3 Å². The molecule has 148 valence electrons. The number of halogens is 1. The van der Waals surface area contributed by atoms with Crippen LogP contribution in [0.15, 0.2) is 60.7 Å². The van der Waals surface area contributed by atoms with E-state index in [9.17, 15) is 14.0 Å². The lowest BCUT2D eigenvalue weighted by Crippen LogP contribution is -2.20. The van der Waals surface area contributed by atoms with Crippen molar-refractivity contribution >= 4 is 28.3 Å². The summed E-state index contributed by atoms with van der Waals surface area (Å²) in [5.74, 6) is -1.06. The summed E-state index contributed by atoms with van der Waals surface area (Å²) in [6.07, 6.45) is 3.18.